The third kappa shape index (κ3) is 2.12. The van der Waals surface area contributed by atoms with Crippen LogP contribution in [0.3, 0.4) is 0 Å². The van der Waals surface area contributed by atoms with E-state index in [-0.39, 0.29) is 5.41 Å². The summed E-state index contributed by atoms with van der Waals surface area (Å²) in [4.78, 5) is 5.45. The third-order valence-corrected chi connectivity index (χ3v) is 3.61. The number of nitrogens with zero attached hydrogens (tertiary/aromatic N) is 2. The molecular formula is C10H16N2OS. The fourth-order valence-electron chi connectivity index (χ4n) is 1.10. The fourth-order valence-corrected chi connectivity index (χ4v) is 2.16. The summed E-state index contributed by atoms with van der Waals surface area (Å²) in [5.74, 6) is 0. The summed E-state index contributed by atoms with van der Waals surface area (Å²) in [7, 11) is 0. The van der Waals surface area contributed by atoms with Crippen molar-refractivity contribution in [3.8, 4) is 0 Å². The molecule has 0 aliphatic carbocycles. The van der Waals surface area contributed by atoms with Gasteiger partial charge in [0.05, 0.1) is 21.3 Å². The summed E-state index contributed by atoms with van der Waals surface area (Å²) in [5.41, 5.74) is 1.63. The lowest BCUT2D eigenvalue weighted by Gasteiger charge is -2.13. The molecular weight excluding hydrogens is 196 g/mol. The van der Waals surface area contributed by atoms with E-state index < -0.39 is 0 Å². The summed E-state index contributed by atoms with van der Waals surface area (Å²) < 4.78 is 0. The van der Waals surface area contributed by atoms with Gasteiger partial charge in [-0.3, -0.25) is 0 Å². The van der Waals surface area contributed by atoms with E-state index in [1.807, 2.05) is 6.92 Å². The van der Waals surface area contributed by atoms with Gasteiger partial charge < -0.3 is 5.21 Å². The monoisotopic (exact) mass is 212 g/mol. The topological polar surface area (TPSA) is 45.5 Å². The van der Waals surface area contributed by atoms with E-state index in [1.165, 1.54) is 0 Å². The molecule has 0 amide bonds. The number of rotatable bonds is 1. The van der Waals surface area contributed by atoms with Gasteiger partial charge in [-0.25, -0.2) is 4.98 Å². The molecule has 0 aliphatic heterocycles. The van der Waals surface area contributed by atoms with Crippen molar-refractivity contribution in [2.45, 2.75) is 40.0 Å². The van der Waals surface area contributed by atoms with Crippen LogP contribution in [0.5, 0.6) is 0 Å². The van der Waals surface area contributed by atoms with Crippen LogP contribution in [0.2, 0.25) is 0 Å². The smallest absolute Gasteiger partial charge is 0.0988 e. The molecule has 1 aromatic rings. The first-order valence-electron chi connectivity index (χ1n) is 4.53. The molecule has 78 valence electrons. The maximum Gasteiger partial charge on any atom is 0.0988 e. The maximum atomic E-state index is 8.69. The average molecular weight is 212 g/mol. The van der Waals surface area contributed by atoms with Gasteiger partial charge in [0, 0.05) is 5.41 Å². The number of hydrogen-bond acceptors (Lipinski definition) is 4. The van der Waals surface area contributed by atoms with E-state index >= 15 is 0 Å². The van der Waals surface area contributed by atoms with Gasteiger partial charge >= 0.3 is 0 Å². The van der Waals surface area contributed by atoms with Gasteiger partial charge in [0.15, 0.2) is 0 Å². The highest BCUT2D eigenvalue weighted by Crippen LogP contribution is 2.29. The van der Waals surface area contributed by atoms with Crippen LogP contribution < -0.4 is 0 Å². The van der Waals surface area contributed by atoms with Crippen molar-refractivity contribution in [2.24, 2.45) is 5.16 Å². The Bertz CT molecular complexity index is 361. The van der Waals surface area contributed by atoms with E-state index in [9.17, 15) is 0 Å². The Morgan fingerprint density at radius 3 is 2.36 bits per heavy atom. The number of oxime groups is 1. The van der Waals surface area contributed by atoms with E-state index in [4.69, 9.17) is 5.21 Å². The van der Waals surface area contributed by atoms with Gasteiger partial charge in [0.1, 0.15) is 0 Å². The lowest BCUT2D eigenvalue weighted by atomic mass is 9.98. The number of aryl methyl sites for hydroxylation is 1. The van der Waals surface area contributed by atoms with Crippen LogP contribution in [-0.2, 0) is 5.41 Å². The molecule has 0 unspecified atom stereocenters. The normalized spacial score (nSPS) is 13.4. The Morgan fingerprint density at radius 2 is 2.00 bits per heavy atom. The minimum Gasteiger partial charge on any atom is -0.411 e. The van der Waals surface area contributed by atoms with Crippen molar-refractivity contribution >= 4 is 17.0 Å². The van der Waals surface area contributed by atoms with Crippen LogP contribution in [0.1, 0.15) is 43.3 Å². The first-order chi connectivity index (χ1) is 6.36. The van der Waals surface area contributed by atoms with Crippen molar-refractivity contribution in [2.75, 3.05) is 0 Å². The second-order valence-electron chi connectivity index (χ2n) is 4.37. The molecule has 0 saturated carbocycles. The number of aromatic nitrogens is 1. The average Bonchev–Trinajstić information content (AvgIpc) is 2.45. The van der Waals surface area contributed by atoms with Crippen LogP contribution >= 0.6 is 11.3 Å². The zero-order valence-corrected chi connectivity index (χ0v) is 10.1. The lowest BCUT2D eigenvalue weighted by molar-refractivity contribution is 0.319. The highest BCUT2D eigenvalue weighted by Gasteiger charge is 2.20. The SMILES string of the molecule is C/C(=N\O)c1sc(C(C)(C)C)nc1C. The van der Waals surface area contributed by atoms with Crippen molar-refractivity contribution in [1.29, 1.82) is 0 Å². The highest BCUT2D eigenvalue weighted by atomic mass is 32.1. The van der Waals surface area contributed by atoms with Gasteiger partial charge in [-0.05, 0) is 13.8 Å². The fraction of sp³-hybridized carbons (Fsp3) is 0.600. The quantitative estimate of drug-likeness (QED) is 0.442. The van der Waals surface area contributed by atoms with Crippen molar-refractivity contribution < 1.29 is 5.21 Å². The second-order valence-corrected chi connectivity index (χ2v) is 5.37. The van der Waals surface area contributed by atoms with Crippen LogP contribution in [0.25, 0.3) is 0 Å². The molecule has 3 nitrogen and oxygen atoms in total. The highest BCUT2D eigenvalue weighted by molar-refractivity contribution is 7.14. The molecule has 0 saturated heterocycles. The largest absolute Gasteiger partial charge is 0.411 e. The minimum absolute atomic E-state index is 0.0589. The van der Waals surface area contributed by atoms with Crippen LogP contribution in [-0.4, -0.2) is 15.9 Å². The van der Waals surface area contributed by atoms with Gasteiger partial charge in [0.25, 0.3) is 0 Å². The number of hydrogen-bond donors (Lipinski definition) is 1. The van der Waals surface area contributed by atoms with E-state index in [1.54, 1.807) is 18.3 Å². The van der Waals surface area contributed by atoms with Gasteiger partial charge in [-0.2, -0.15) is 0 Å². The molecule has 0 aliphatic rings. The summed E-state index contributed by atoms with van der Waals surface area (Å²) in [5, 5.41) is 13.0. The first kappa shape index (κ1) is 11.2. The Morgan fingerprint density at radius 1 is 1.43 bits per heavy atom. The first-order valence-corrected chi connectivity index (χ1v) is 5.35. The van der Waals surface area contributed by atoms with E-state index in [0.29, 0.717) is 5.71 Å². The Hall–Kier alpha value is -0.900. The van der Waals surface area contributed by atoms with E-state index in [2.05, 4.69) is 30.9 Å². The molecule has 4 heteroatoms. The zero-order chi connectivity index (χ0) is 10.9. The predicted octanol–water partition coefficient (Wildman–Crippen LogP) is 2.95. The molecule has 0 atom stereocenters. The van der Waals surface area contributed by atoms with Crippen molar-refractivity contribution in [3.05, 3.63) is 15.6 Å². The molecule has 1 rings (SSSR count). The Labute approximate surface area is 88.5 Å². The molecule has 0 spiro atoms. The number of thiazole rings is 1. The van der Waals surface area contributed by atoms with Gasteiger partial charge in [-0.1, -0.05) is 25.9 Å². The van der Waals surface area contributed by atoms with Crippen molar-refractivity contribution in [3.63, 3.8) is 0 Å². The third-order valence-electron chi connectivity index (χ3n) is 1.92. The summed E-state index contributed by atoms with van der Waals surface area (Å²) in [6, 6.07) is 0. The minimum atomic E-state index is 0.0589. The summed E-state index contributed by atoms with van der Waals surface area (Å²) in [6.07, 6.45) is 0. The lowest BCUT2D eigenvalue weighted by Crippen LogP contribution is -2.10. The molecule has 14 heavy (non-hydrogen) atoms. The Balaban J connectivity index is 3.18. The second kappa shape index (κ2) is 3.69. The molecule has 0 aromatic carbocycles. The van der Waals surface area contributed by atoms with Crippen LogP contribution in [0, 0.1) is 6.92 Å². The molecule has 1 N–H and O–H groups in total. The summed E-state index contributed by atoms with van der Waals surface area (Å²) in [6.45, 7) is 10.1. The molecule has 0 radical (unpaired) electrons. The maximum absolute atomic E-state index is 8.69. The molecule has 0 fully saturated rings. The standard InChI is InChI=1S/C10H16N2OS/c1-6-8(7(2)12-13)14-9(11-6)10(3,4)5/h13H,1-5H3/b12-7+. The van der Waals surface area contributed by atoms with Gasteiger partial charge in [0.2, 0.25) is 0 Å². The van der Waals surface area contributed by atoms with Gasteiger partial charge in [-0.15, -0.1) is 11.3 Å². The summed E-state index contributed by atoms with van der Waals surface area (Å²) >= 11 is 1.60. The molecule has 0 bridgehead atoms. The molecule has 1 heterocycles. The van der Waals surface area contributed by atoms with E-state index in [0.717, 1.165) is 15.6 Å². The Kier molecular flexibility index (Phi) is 2.95. The van der Waals surface area contributed by atoms with Crippen molar-refractivity contribution in [1.82, 2.24) is 4.98 Å². The molecule has 1 aromatic heterocycles. The van der Waals surface area contributed by atoms with Crippen LogP contribution in [0.15, 0.2) is 5.16 Å². The predicted molar refractivity (Wildman–Crippen MR) is 59.5 cm³/mol. The van der Waals surface area contributed by atoms with Crippen LogP contribution in [0.4, 0.5) is 0 Å². The zero-order valence-electron chi connectivity index (χ0n) is 9.25.